The van der Waals surface area contributed by atoms with Crippen LogP contribution in [0.5, 0.6) is 0 Å². The molecule has 7 N–H and O–H groups in total. The normalized spacial score (nSPS) is 19.0. The quantitative estimate of drug-likeness (QED) is 0.190. The molecule has 1 unspecified atom stereocenters. The number of nitrogen functional groups attached to an aromatic ring is 1. The van der Waals surface area contributed by atoms with Gasteiger partial charge in [0.2, 0.25) is 15.9 Å². The minimum atomic E-state index is -4.23. The van der Waals surface area contributed by atoms with Crippen molar-refractivity contribution in [3.8, 4) is 0 Å². The second-order valence-electron chi connectivity index (χ2n) is 7.86. The Morgan fingerprint density at radius 1 is 1.32 bits per heavy atom. The number of nitrogens with one attached hydrogen (secondary N) is 4. The Labute approximate surface area is 195 Å². The zero-order valence-electron chi connectivity index (χ0n) is 18.5. The fourth-order valence-corrected chi connectivity index (χ4v) is 5.06. The summed E-state index contributed by atoms with van der Waals surface area (Å²) in [4.78, 5) is 29.1. The number of hydroxylamine groups is 1. The molecule has 3 atom stereocenters. The van der Waals surface area contributed by atoms with Gasteiger partial charge in [0.1, 0.15) is 22.5 Å². The molecule has 1 amide bonds. The zero-order valence-corrected chi connectivity index (χ0v) is 19.3. The van der Waals surface area contributed by atoms with Crippen molar-refractivity contribution in [1.82, 2.24) is 20.7 Å². The lowest BCUT2D eigenvalue weighted by atomic mass is 9.99. The van der Waals surface area contributed by atoms with E-state index in [9.17, 15) is 23.1 Å². The summed E-state index contributed by atoms with van der Waals surface area (Å²) in [5.74, 6) is -1.97. The van der Waals surface area contributed by atoms with Crippen molar-refractivity contribution in [2.45, 2.75) is 49.8 Å². The Kier molecular flexibility index (Phi) is 7.66. The number of carbonyl (C=O) groups is 2. The van der Waals surface area contributed by atoms with Gasteiger partial charge in [-0.3, -0.25) is 19.8 Å². The number of aryl methyl sites for hydroxylation is 2. The lowest BCUT2D eigenvalue weighted by molar-refractivity contribution is -0.139. The first kappa shape index (κ1) is 25.3. The number of benzene rings is 1. The van der Waals surface area contributed by atoms with Crippen LogP contribution in [0, 0.1) is 19.3 Å². The van der Waals surface area contributed by atoms with E-state index in [-0.39, 0.29) is 34.6 Å². The van der Waals surface area contributed by atoms with E-state index in [0.717, 1.165) is 5.56 Å². The smallest absolute Gasteiger partial charge is 0.323 e. The number of amidine groups is 1. The first-order chi connectivity index (χ1) is 16.0. The second-order valence-corrected chi connectivity index (χ2v) is 9.51. The number of rotatable bonds is 10. The molecule has 2 heterocycles. The number of nitrogens with zero attached hydrogens (tertiary/aromatic N) is 1. The number of carboxylic acids is 1. The monoisotopic (exact) mass is 494 g/mol. The second kappa shape index (κ2) is 10.3. The van der Waals surface area contributed by atoms with Crippen molar-refractivity contribution in [2.75, 3.05) is 6.54 Å². The lowest BCUT2D eigenvalue weighted by Crippen LogP contribution is -2.48. The van der Waals surface area contributed by atoms with E-state index in [2.05, 4.69) is 20.7 Å². The number of nitrogens with two attached hydrogens (primary N) is 1. The van der Waals surface area contributed by atoms with E-state index in [1.165, 1.54) is 13.8 Å². The zero-order chi connectivity index (χ0) is 25.0. The van der Waals surface area contributed by atoms with Gasteiger partial charge in [0.05, 0.1) is 18.6 Å². The van der Waals surface area contributed by atoms with Crippen LogP contribution < -0.4 is 21.3 Å². The Bertz CT molecular complexity index is 1160. The molecular formula is C20H26N6O7S. The molecule has 1 saturated heterocycles. The predicted octanol–water partition coefficient (Wildman–Crippen LogP) is -0.152. The summed E-state index contributed by atoms with van der Waals surface area (Å²) in [7, 11) is -4.23. The summed E-state index contributed by atoms with van der Waals surface area (Å²) in [5, 5.41) is 22.8. The topological polar surface area (TPSA) is 210 Å². The molecule has 0 spiro atoms. The van der Waals surface area contributed by atoms with Crippen LogP contribution in [0.4, 0.5) is 0 Å². The molecule has 0 aliphatic carbocycles. The molecule has 1 aromatic heterocycles. The number of carboxylic acid groups (broad SMARTS) is 1. The van der Waals surface area contributed by atoms with Crippen molar-refractivity contribution in [3.63, 3.8) is 0 Å². The Morgan fingerprint density at radius 3 is 2.56 bits per heavy atom. The molecule has 0 radical (unpaired) electrons. The number of amides is 1. The van der Waals surface area contributed by atoms with Gasteiger partial charge in [-0.05, 0) is 25.8 Å². The number of hydrogen-bond acceptors (Lipinski definition) is 9. The Morgan fingerprint density at radius 2 is 2.00 bits per heavy atom. The molecule has 14 heteroatoms. The first-order valence-corrected chi connectivity index (χ1v) is 11.8. The van der Waals surface area contributed by atoms with Crippen LogP contribution in [0.3, 0.4) is 0 Å². The molecule has 0 saturated carbocycles. The van der Waals surface area contributed by atoms with Gasteiger partial charge < -0.3 is 20.7 Å². The van der Waals surface area contributed by atoms with E-state index in [4.69, 9.17) is 20.5 Å². The molecular weight excluding hydrogens is 468 g/mol. The molecule has 13 nitrogen and oxygen atoms in total. The number of sulfonamides is 1. The van der Waals surface area contributed by atoms with Gasteiger partial charge in [0, 0.05) is 12.1 Å². The van der Waals surface area contributed by atoms with Crippen LogP contribution in [0.1, 0.15) is 41.5 Å². The molecule has 1 fully saturated rings. The Balaban J connectivity index is 1.53. The third-order valence-corrected chi connectivity index (χ3v) is 6.96. The summed E-state index contributed by atoms with van der Waals surface area (Å²) < 4.78 is 32.0. The van der Waals surface area contributed by atoms with Gasteiger partial charge in [0.15, 0.2) is 5.76 Å². The van der Waals surface area contributed by atoms with Crippen LogP contribution in [0.25, 0.3) is 0 Å². The fourth-order valence-electron chi connectivity index (χ4n) is 3.54. The van der Waals surface area contributed by atoms with Gasteiger partial charge in [-0.15, -0.1) is 0 Å². The summed E-state index contributed by atoms with van der Waals surface area (Å²) >= 11 is 0. The SMILES string of the molecule is Cc1noc(C)c1S(=O)(=O)N[C@@H](CNC(=O)C[C@@H]1CC(c2ccc(C(=N)N)cc2)NO1)C(=O)O. The molecule has 3 rings (SSSR count). The van der Waals surface area contributed by atoms with E-state index in [1.807, 2.05) is 12.1 Å². The number of aliphatic carboxylic acids is 1. The highest BCUT2D eigenvalue weighted by molar-refractivity contribution is 7.89. The maximum Gasteiger partial charge on any atom is 0.323 e. The van der Waals surface area contributed by atoms with Crippen LogP contribution in [0.2, 0.25) is 0 Å². The molecule has 0 bridgehead atoms. The Hall–Kier alpha value is -3.33. The fraction of sp³-hybridized carbons (Fsp3) is 0.400. The third-order valence-electron chi connectivity index (χ3n) is 5.25. The highest BCUT2D eigenvalue weighted by Crippen LogP contribution is 2.27. The van der Waals surface area contributed by atoms with Crippen LogP contribution in [0.15, 0.2) is 33.7 Å². The summed E-state index contributed by atoms with van der Waals surface area (Å²) in [6, 6.07) is 5.28. The van der Waals surface area contributed by atoms with Crippen molar-refractivity contribution >= 4 is 27.7 Å². The van der Waals surface area contributed by atoms with Crippen molar-refractivity contribution < 1.29 is 32.5 Å². The highest BCUT2D eigenvalue weighted by Gasteiger charge is 2.32. The molecule has 1 aromatic carbocycles. The molecule has 1 aliphatic heterocycles. The minimum absolute atomic E-state index is 0.0227. The number of hydrogen-bond donors (Lipinski definition) is 6. The van der Waals surface area contributed by atoms with Gasteiger partial charge in [-0.2, -0.15) is 10.2 Å². The third kappa shape index (κ3) is 5.96. The standard InChI is InChI=1S/C20H26N6O7S/c1-10-18(11(2)32-24-10)34(30,31)26-16(20(28)29)9-23-17(27)8-14-7-15(25-33-14)12-3-5-13(6-4-12)19(21)22/h3-6,14-16,25-26H,7-9H2,1-2H3,(H3,21,22)(H,23,27)(H,28,29)/t14-,15?,16-/m0/s1. The van der Waals surface area contributed by atoms with Crippen molar-refractivity contribution in [2.24, 2.45) is 5.73 Å². The van der Waals surface area contributed by atoms with Crippen molar-refractivity contribution in [3.05, 3.63) is 46.8 Å². The summed E-state index contributed by atoms with van der Waals surface area (Å²) in [6.07, 6.45) is -0.0500. The maximum atomic E-state index is 12.6. The maximum absolute atomic E-state index is 12.6. The van der Waals surface area contributed by atoms with Crippen LogP contribution in [-0.4, -0.2) is 55.1 Å². The van der Waals surface area contributed by atoms with E-state index in [0.29, 0.717) is 12.0 Å². The average molecular weight is 495 g/mol. The molecule has 34 heavy (non-hydrogen) atoms. The number of carbonyl (C=O) groups excluding carboxylic acids is 1. The van der Waals surface area contributed by atoms with Crippen molar-refractivity contribution in [1.29, 1.82) is 5.41 Å². The number of aromatic nitrogens is 1. The lowest BCUT2D eigenvalue weighted by Gasteiger charge is -2.16. The minimum Gasteiger partial charge on any atom is -0.480 e. The van der Waals surface area contributed by atoms with Gasteiger partial charge >= 0.3 is 5.97 Å². The van der Waals surface area contributed by atoms with Gasteiger partial charge in [-0.25, -0.2) is 8.42 Å². The first-order valence-electron chi connectivity index (χ1n) is 10.3. The largest absolute Gasteiger partial charge is 0.480 e. The molecule has 2 aromatic rings. The van der Waals surface area contributed by atoms with E-state index < -0.39 is 40.6 Å². The van der Waals surface area contributed by atoms with Crippen LogP contribution in [-0.2, 0) is 24.4 Å². The molecule has 184 valence electrons. The average Bonchev–Trinajstić information content (AvgIpc) is 3.37. The predicted molar refractivity (Wildman–Crippen MR) is 118 cm³/mol. The van der Waals surface area contributed by atoms with Gasteiger partial charge in [-0.1, -0.05) is 29.4 Å². The summed E-state index contributed by atoms with van der Waals surface area (Å²) in [6.45, 7) is 2.35. The van der Waals surface area contributed by atoms with Gasteiger partial charge in [0.25, 0.3) is 0 Å². The van der Waals surface area contributed by atoms with E-state index in [1.54, 1.807) is 12.1 Å². The van der Waals surface area contributed by atoms with E-state index >= 15 is 0 Å². The van der Waals surface area contributed by atoms with Crippen LogP contribution >= 0.6 is 0 Å². The molecule has 1 aliphatic rings. The summed E-state index contributed by atoms with van der Waals surface area (Å²) in [5.41, 5.74) is 9.89. The highest BCUT2D eigenvalue weighted by atomic mass is 32.2.